The zero-order valence-corrected chi connectivity index (χ0v) is 4.85. The Bertz CT molecular complexity index is 101. The minimum atomic E-state index is -0.302. The zero-order chi connectivity index (χ0) is 5.98. The minimum Gasteiger partial charge on any atom is -0.387 e. The molecule has 0 amide bonds. The fourth-order valence-corrected chi connectivity index (χ4v) is 0.799. The topological polar surface area (TPSA) is 32.3 Å². The van der Waals surface area contributed by atoms with E-state index in [-0.39, 0.29) is 6.10 Å². The molecule has 0 bridgehead atoms. The van der Waals surface area contributed by atoms with Crippen LogP contribution < -0.4 is 5.32 Å². The summed E-state index contributed by atoms with van der Waals surface area (Å²) < 4.78 is 0. The molecule has 1 saturated heterocycles. The molecular weight excluding hydrogens is 102 g/mol. The maximum Gasteiger partial charge on any atom is 0.0872 e. The summed E-state index contributed by atoms with van der Waals surface area (Å²) in [5, 5.41) is 12.1. The normalized spacial score (nSPS) is 30.6. The maximum absolute atomic E-state index is 9.02. The fraction of sp³-hybridized carbons (Fsp3) is 0.667. The smallest absolute Gasteiger partial charge is 0.0872 e. The predicted molar refractivity (Wildman–Crippen MR) is 32.6 cm³/mol. The van der Waals surface area contributed by atoms with Gasteiger partial charge in [0.05, 0.1) is 6.10 Å². The van der Waals surface area contributed by atoms with Crippen molar-refractivity contribution in [2.75, 3.05) is 13.1 Å². The van der Waals surface area contributed by atoms with E-state index < -0.39 is 0 Å². The summed E-state index contributed by atoms with van der Waals surface area (Å²) in [6.45, 7) is 5.35. The first-order valence-electron chi connectivity index (χ1n) is 2.87. The van der Waals surface area contributed by atoms with Crippen LogP contribution in [0.4, 0.5) is 0 Å². The van der Waals surface area contributed by atoms with Crippen LogP contribution in [-0.2, 0) is 0 Å². The van der Waals surface area contributed by atoms with Gasteiger partial charge in [-0.25, -0.2) is 0 Å². The summed E-state index contributed by atoms with van der Waals surface area (Å²) in [4.78, 5) is 0. The van der Waals surface area contributed by atoms with Gasteiger partial charge in [0.2, 0.25) is 0 Å². The van der Waals surface area contributed by atoms with Crippen molar-refractivity contribution in [2.24, 2.45) is 0 Å². The van der Waals surface area contributed by atoms with Crippen molar-refractivity contribution < 1.29 is 5.11 Å². The molecular formula is C6H11NO. The number of β-amino-alcohol motifs (C(OH)–C–C–N with tert-alkyl or cyclic N) is 1. The fourth-order valence-electron chi connectivity index (χ4n) is 0.799. The third-order valence-electron chi connectivity index (χ3n) is 1.43. The first-order chi connectivity index (χ1) is 3.80. The summed E-state index contributed by atoms with van der Waals surface area (Å²) in [5.41, 5.74) is 0.962. The lowest BCUT2D eigenvalue weighted by Crippen LogP contribution is -2.34. The van der Waals surface area contributed by atoms with Crippen molar-refractivity contribution in [1.82, 2.24) is 5.32 Å². The molecule has 0 spiro atoms. The van der Waals surface area contributed by atoms with Gasteiger partial charge >= 0.3 is 0 Å². The third-order valence-corrected chi connectivity index (χ3v) is 1.43. The Kier molecular flexibility index (Phi) is 1.65. The van der Waals surface area contributed by atoms with Gasteiger partial charge in [0, 0.05) is 6.54 Å². The number of hydrogen-bond donors (Lipinski definition) is 2. The summed E-state index contributed by atoms with van der Waals surface area (Å²) in [6.07, 6.45) is 0.616. The number of aliphatic hydroxyl groups is 1. The molecule has 1 rings (SSSR count). The van der Waals surface area contributed by atoms with E-state index >= 15 is 0 Å². The summed E-state index contributed by atoms with van der Waals surface area (Å²) in [6, 6.07) is 0. The molecule has 1 aliphatic heterocycles. The van der Waals surface area contributed by atoms with Crippen molar-refractivity contribution in [1.29, 1.82) is 0 Å². The second-order valence-corrected chi connectivity index (χ2v) is 2.13. The highest BCUT2D eigenvalue weighted by molar-refractivity contribution is 5.05. The summed E-state index contributed by atoms with van der Waals surface area (Å²) in [5.74, 6) is 0. The van der Waals surface area contributed by atoms with Gasteiger partial charge in [-0.15, -0.1) is 0 Å². The minimum absolute atomic E-state index is 0.302. The monoisotopic (exact) mass is 113 g/mol. The third kappa shape index (κ3) is 1.08. The molecule has 8 heavy (non-hydrogen) atoms. The lowest BCUT2D eigenvalue weighted by Gasteiger charge is -2.19. The number of rotatable bonds is 0. The van der Waals surface area contributed by atoms with Crippen LogP contribution in [0.1, 0.15) is 6.42 Å². The first kappa shape index (κ1) is 5.79. The Balaban J connectivity index is 2.39. The van der Waals surface area contributed by atoms with Crippen LogP contribution in [0.2, 0.25) is 0 Å². The van der Waals surface area contributed by atoms with E-state index in [0.29, 0.717) is 6.54 Å². The first-order valence-corrected chi connectivity index (χ1v) is 2.87. The number of piperidine rings is 1. The van der Waals surface area contributed by atoms with Gasteiger partial charge in [0.25, 0.3) is 0 Å². The van der Waals surface area contributed by atoms with Crippen molar-refractivity contribution in [3.8, 4) is 0 Å². The Labute approximate surface area is 49.2 Å². The van der Waals surface area contributed by atoms with E-state index in [0.717, 1.165) is 18.5 Å². The second kappa shape index (κ2) is 2.29. The highest BCUT2D eigenvalue weighted by Crippen LogP contribution is 2.06. The molecule has 0 aromatic rings. The number of aliphatic hydroxyl groups excluding tert-OH is 1. The molecule has 2 nitrogen and oxygen atoms in total. The van der Waals surface area contributed by atoms with E-state index in [1.807, 2.05) is 0 Å². The van der Waals surface area contributed by atoms with Gasteiger partial charge in [-0.05, 0) is 18.5 Å². The molecule has 1 heterocycles. The lowest BCUT2D eigenvalue weighted by atomic mass is 10.1. The van der Waals surface area contributed by atoms with Crippen molar-refractivity contribution >= 4 is 0 Å². The molecule has 0 aromatic heterocycles. The molecule has 2 N–H and O–H groups in total. The van der Waals surface area contributed by atoms with Crippen LogP contribution in [0, 0.1) is 0 Å². The Hall–Kier alpha value is -0.340. The van der Waals surface area contributed by atoms with Gasteiger partial charge in [-0.3, -0.25) is 0 Å². The van der Waals surface area contributed by atoms with Crippen molar-refractivity contribution in [3.05, 3.63) is 12.2 Å². The average molecular weight is 113 g/mol. The highest BCUT2D eigenvalue weighted by atomic mass is 16.3. The molecule has 0 unspecified atom stereocenters. The molecule has 2 heteroatoms. The molecule has 0 radical (unpaired) electrons. The Morgan fingerprint density at radius 2 is 2.50 bits per heavy atom. The Morgan fingerprint density at radius 3 is 2.88 bits per heavy atom. The standard InChI is InChI=1S/C6H11NO/c1-5-2-3-7-4-6(5)8/h6-8H,1-4H2/t6-/m1/s1. The number of hydrogen-bond acceptors (Lipinski definition) is 2. The van der Waals surface area contributed by atoms with Gasteiger partial charge in [-0.2, -0.15) is 0 Å². The van der Waals surface area contributed by atoms with Crippen LogP contribution >= 0.6 is 0 Å². The molecule has 0 aromatic carbocycles. The molecule has 0 aliphatic carbocycles. The maximum atomic E-state index is 9.02. The highest BCUT2D eigenvalue weighted by Gasteiger charge is 2.11. The quantitative estimate of drug-likeness (QED) is 0.430. The molecule has 1 fully saturated rings. The van der Waals surface area contributed by atoms with E-state index in [2.05, 4.69) is 11.9 Å². The van der Waals surface area contributed by atoms with Crippen LogP contribution in [0.15, 0.2) is 12.2 Å². The van der Waals surface area contributed by atoms with Crippen LogP contribution in [0.5, 0.6) is 0 Å². The largest absolute Gasteiger partial charge is 0.387 e. The van der Waals surface area contributed by atoms with Gasteiger partial charge < -0.3 is 10.4 Å². The van der Waals surface area contributed by atoms with Crippen molar-refractivity contribution in [2.45, 2.75) is 12.5 Å². The second-order valence-electron chi connectivity index (χ2n) is 2.13. The molecule has 0 saturated carbocycles. The number of nitrogens with one attached hydrogen (secondary N) is 1. The van der Waals surface area contributed by atoms with Crippen LogP contribution in [-0.4, -0.2) is 24.3 Å². The van der Waals surface area contributed by atoms with Gasteiger partial charge in [-0.1, -0.05) is 6.58 Å². The SMILES string of the molecule is C=C1CCNC[C@H]1O. The summed E-state index contributed by atoms with van der Waals surface area (Å²) in [7, 11) is 0. The molecule has 1 aliphatic rings. The average Bonchev–Trinajstić information content (AvgIpc) is 1.77. The van der Waals surface area contributed by atoms with E-state index in [9.17, 15) is 0 Å². The van der Waals surface area contributed by atoms with E-state index in [4.69, 9.17) is 5.11 Å². The molecule has 1 atom stereocenters. The van der Waals surface area contributed by atoms with E-state index in [1.165, 1.54) is 0 Å². The van der Waals surface area contributed by atoms with Gasteiger partial charge in [0.1, 0.15) is 0 Å². The zero-order valence-electron chi connectivity index (χ0n) is 4.85. The summed E-state index contributed by atoms with van der Waals surface area (Å²) >= 11 is 0. The van der Waals surface area contributed by atoms with Crippen LogP contribution in [0.3, 0.4) is 0 Å². The van der Waals surface area contributed by atoms with E-state index in [1.54, 1.807) is 0 Å². The van der Waals surface area contributed by atoms with Crippen molar-refractivity contribution in [3.63, 3.8) is 0 Å². The molecule has 46 valence electrons. The Morgan fingerprint density at radius 1 is 1.75 bits per heavy atom. The van der Waals surface area contributed by atoms with Gasteiger partial charge in [0.15, 0.2) is 0 Å². The lowest BCUT2D eigenvalue weighted by molar-refractivity contribution is 0.191. The predicted octanol–water partition coefficient (Wildman–Crippen LogP) is -0.103. The van der Waals surface area contributed by atoms with Crippen LogP contribution in [0.25, 0.3) is 0 Å².